The number of carbonyl (C=O) groups excluding carboxylic acids is 2. The van der Waals surface area contributed by atoms with Crippen molar-refractivity contribution < 1.29 is 19.1 Å². The number of Topliss-reactive ketones (excluding diaryl/α,β-unsaturated/α-hetero) is 1. The van der Waals surface area contributed by atoms with Crippen LogP contribution in [0, 0.1) is 12.7 Å². The maximum Gasteiger partial charge on any atom is 0.319 e. The van der Waals surface area contributed by atoms with E-state index in [-0.39, 0.29) is 5.78 Å². The van der Waals surface area contributed by atoms with Gasteiger partial charge < -0.3 is 15.7 Å². The first-order valence-electron chi connectivity index (χ1n) is 7.90. The molecular weight excluding hydrogens is 323 g/mol. The number of aliphatic hydroxyl groups excluding tert-OH is 1. The Balaban J connectivity index is 1.98. The van der Waals surface area contributed by atoms with Gasteiger partial charge in [0, 0.05) is 11.3 Å². The van der Waals surface area contributed by atoms with Crippen LogP contribution >= 0.6 is 0 Å². The van der Waals surface area contributed by atoms with E-state index in [1.807, 2.05) is 0 Å². The second-order valence-corrected chi connectivity index (χ2v) is 5.97. The summed E-state index contributed by atoms with van der Waals surface area (Å²) < 4.78 is 12.9. The van der Waals surface area contributed by atoms with Crippen LogP contribution in [-0.2, 0) is 0 Å². The predicted molar refractivity (Wildman–Crippen MR) is 94.2 cm³/mol. The molecule has 2 aromatic rings. The van der Waals surface area contributed by atoms with Crippen LogP contribution < -0.4 is 10.6 Å². The average Bonchev–Trinajstić information content (AvgIpc) is 2.54. The molecule has 0 spiro atoms. The normalized spacial score (nSPS) is 13.0. The number of hydrogen-bond acceptors (Lipinski definition) is 3. The summed E-state index contributed by atoms with van der Waals surface area (Å²) in [6.07, 6.45) is -0.965. The van der Waals surface area contributed by atoms with Gasteiger partial charge in [0.1, 0.15) is 5.82 Å². The number of amides is 2. The van der Waals surface area contributed by atoms with E-state index in [1.54, 1.807) is 32.0 Å². The topological polar surface area (TPSA) is 78.4 Å². The molecule has 2 unspecified atom stereocenters. The van der Waals surface area contributed by atoms with E-state index in [0.29, 0.717) is 16.8 Å². The van der Waals surface area contributed by atoms with Crippen LogP contribution in [0.5, 0.6) is 0 Å². The van der Waals surface area contributed by atoms with Crippen molar-refractivity contribution in [2.24, 2.45) is 0 Å². The van der Waals surface area contributed by atoms with Crippen LogP contribution in [0.2, 0.25) is 0 Å². The fraction of sp³-hybridized carbons (Fsp3) is 0.263. The summed E-state index contributed by atoms with van der Waals surface area (Å²) >= 11 is 0. The lowest BCUT2D eigenvalue weighted by Gasteiger charge is -2.21. The van der Waals surface area contributed by atoms with Gasteiger partial charge in [0.15, 0.2) is 5.78 Å². The van der Waals surface area contributed by atoms with Crippen molar-refractivity contribution in [2.45, 2.75) is 32.9 Å². The zero-order valence-corrected chi connectivity index (χ0v) is 14.3. The Kier molecular flexibility index (Phi) is 5.88. The SMILES string of the molecule is CC(=O)c1ccc(NC(=O)NC(C)C(O)c2ccc(F)cc2)cc1C. The summed E-state index contributed by atoms with van der Waals surface area (Å²) in [7, 11) is 0. The molecule has 6 heteroatoms. The van der Waals surface area contributed by atoms with Crippen LogP contribution in [0.3, 0.4) is 0 Å². The lowest BCUT2D eigenvalue weighted by molar-refractivity contribution is 0.101. The standard InChI is InChI=1S/C19H21FN2O3/c1-11-10-16(8-9-17(11)13(3)23)22-19(25)21-12(2)18(24)14-4-6-15(20)7-5-14/h4-10,12,18,24H,1-3H3,(H2,21,22,25). The number of nitrogens with one attached hydrogen (secondary N) is 2. The van der Waals surface area contributed by atoms with Crippen molar-refractivity contribution in [2.75, 3.05) is 5.32 Å². The van der Waals surface area contributed by atoms with Gasteiger partial charge in [0.05, 0.1) is 12.1 Å². The molecule has 3 N–H and O–H groups in total. The second kappa shape index (κ2) is 7.90. The summed E-state index contributed by atoms with van der Waals surface area (Å²) in [4.78, 5) is 23.5. The lowest BCUT2D eigenvalue weighted by Crippen LogP contribution is -2.39. The highest BCUT2D eigenvalue weighted by Gasteiger charge is 2.18. The zero-order valence-electron chi connectivity index (χ0n) is 14.3. The summed E-state index contributed by atoms with van der Waals surface area (Å²) in [6, 6.07) is 9.40. The van der Waals surface area contributed by atoms with Crippen molar-refractivity contribution in [3.8, 4) is 0 Å². The summed E-state index contributed by atoms with van der Waals surface area (Å²) in [6.45, 7) is 4.93. The van der Waals surface area contributed by atoms with Crippen LogP contribution in [0.1, 0.15) is 41.4 Å². The van der Waals surface area contributed by atoms with Crippen molar-refractivity contribution >= 4 is 17.5 Å². The number of halogens is 1. The summed E-state index contributed by atoms with van der Waals surface area (Å²) in [5.41, 5.74) is 2.43. The van der Waals surface area contributed by atoms with E-state index >= 15 is 0 Å². The molecule has 2 aromatic carbocycles. The number of benzene rings is 2. The van der Waals surface area contributed by atoms with E-state index in [2.05, 4.69) is 10.6 Å². The number of urea groups is 1. The minimum Gasteiger partial charge on any atom is -0.386 e. The highest BCUT2D eigenvalue weighted by molar-refractivity contribution is 5.96. The van der Waals surface area contributed by atoms with Crippen molar-refractivity contribution in [3.63, 3.8) is 0 Å². The number of anilines is 1. The summed E-state index contributed by atoms with van der Waals surface area (Å²) in [5.74, 6) is -0.428. The van der Waals surface area contributed by atoms with Crippen molar-refractivity contribution in [1.29, 1.82) is 0 Å². The van der Waals surface area contributed by atoms with Crippen LogP contribution in [0.15, 0.2) is 42.5 Å². The van der Waals surface area contributed by atoms with Gasteiger partial charge >= 0.3 is 6.03 Å². The number of hydrogen-bond donors (Lipinski definition) is 3. The van der Waals surface area contributed by atoms with E-state index in [1.165, 1.54) is 31.2 Å². The molecule has 0 aliphatic rings. The van der Waals surface area contributed by atoms with Gasteiger partial charge in [-0.3, -0.25) is 4.79 Å². The monoisotopic (exact) mass is 344 g/mol. The van der Waals surface area contributed by atoms with Crippen molar-refractivity contribution in [1.82, 2.24) is 5.32 Å². The number of aryl methyl sites for hydroxylation is 1. The molecule has 2 amide bonds. The van der Waals surface area contributed by atoms with Gasteiger partial charge in [0.25, 0.3) is 0 Å². The van der Waals surface area contributed by atoms with Gasteiger partial charge in [-0.25, -0.2) is 9.18 Å². The Labute approximate surface area is 145 Å². The average molecular weight is 344 g/mol. The Hall–Kier alpha value is -2.73. The van der Waals surface area contributed by atoms with E-state index < -0.39 is 24.0 Å². The summed E-state index contributed by atoms with van der Waals surface area (Å²) in [5, 5.41) is 15.5. The molecule has 2 atom stereocenters. The Morgan fingerprint density at radius 2 is 1.76 bits per heavy atom. The third-order valence-electron chi connectivity index (χ3n) is 3.91. The first-order valence-corrected chi connectivity index (χ1v) is 7.90. The third kappa shape index (κ3) is 4.87. The second-order valence-electron chi connectivity index (χ2n) is 5.97. The maximum atomic E-state index is 12.9. The Morgan fingerprint density at radius 1 is 1.12 bits per heavy atom. The number of rotatable bonds is 5. The molecule has 0 aliphatic heterocycles. The Bertz CT molecular complexity index is 775. The molecule has 5 nitrogen and oxygen atoms in total. The lowest BCUT2D eigenvalue weighted by atomic mass is 10.0. The molecule has 25 heavy (non-hydrogen) atoms. The van der Waals surface area contributed by atoms with E-state index in [4.69, 9.17) is 0 Å². The maximum absolute atomic E-state index is 12.9. The molecule has 0 fully saturated rings. The van der Waals surface area contributed by atoms with Gasteiger partial charge in [-0.2, -0.15) is 0 Å². The van der Waals surface area contributed by atoms with Crippen molar-refractivity contribution in [3.05, 3.63) is 65.0 Å². The van der Waals surface area contributed by atoms with Gasteiger partial charge in [-0.1, -0.05) is 12.1 Å². The first-order chi connectivity index (χ1) is 11.8. The number of aliphatic hydroxyl groups is 1. The molecule has 0 saturated heterocycles. The van der Waals surface area contributed by atoms with E-state index in [9.17, 15) is 19.1 Å². The smallest absolute Gasteiger partial charge is 0.319 e. The fourth-order valence-electron chi connectivity index (χ4n) is 2.54. The molecular formula is C19H21FN2O3. The molecule has 0 radical (unpaired) electrons. The van der Waals surface area contributed by atoms with Gasteiger partial charge in [-0.15, -0.1) is 0 Å². The molecule has 2 rings (SSSR count). The quantitative estimate of drug-likeness (QED) is 0.726. The Morgan fingerprint density at radius 3 is 2.32 bits per heavy atom. The van der Waals surface area contributed by atoms with Gasteiger partial charge in [0.2, 0.25) is 0 Å². The van der Waals surface area contributed by atoms with Gasteiger partial charge in [-0.05, 0) is 62.2 Å². The number of ketones is 1. The third-order valence-corrected chi connectivity index (χ3v) is 3.91. The molecule has 0 saturated carbocycles. The predicted octanol–water partition coefficient (Wildman–Crippen LogP) is 3.58. The fourth-order valence-corrected chi connectivity index (χ4v) is 2.54. The van der Waals surface area contributed by atoms with Crippen LogP contribution in [0.25, 0.3) is 0 Å². The molecule has 0 heterocycles. The molecule has 0 bridgehead atoms. The zero-order chi connectivity index (χ0) is 18.6. The van der Waals surface area contributed by atoms with E-state index in [0.717, 1.165) is 5.56 Å². The first kappa shape index (κ1) is 18.6. The molecule has 0 aromatic heterocycles. The van der Waals surface area contributed by atoms with Crippen LogP contribution in [0.4, 0.5) is 14.9 Å². The minimum absolute atomic E-state index is 0.0375. The largest absolute Gasteiger partial charge is 0.386 e. The highest BCUT2D eigenvalue weighted by Crippen LogP contribution is 2.18. The number of carbonyl (C=O) groups is 2. The minimum atomic E-state index is -0.965. The molecule has 0 aliphatic carbocycles. The highest BCUT2D eigenvalue weighted by atomic mass is 19.1. The van der Waals surface area contributed by atoms with Crippen LogP contribution in [-0.4, -0.2) is 23.0 Å². The molecule has 132 valence electrons.